The molecule has 0 unspecified atom stereocenters. The number of hydrogen-bond acceptors (Lipinski definition) is 6. The normalized spacial score (nSPS) is 10.5. The van der Waals surface area contributed by atoms with Crippen LogP contribution < -0.4 is 5.32 Å². The molecular formula is C18H29NO4S. The molecule has 0 saturated carbocycles. The summed E-state index contributed by atoms with van der Waals surface area (Å²) in [6.45, 7) is 8.88. The highest BCUT2D eigenvalue weighted by molar-refractivity contribution is 7.18. The minimum absolute atomic E-state index is 0.305. The van der Waals surface area contributed by atoms with E-state index in [1.807, 2.05) is 0 Å². The van der Waals surface area contributed by atoms with Gasteiger partial charge in [-0.2, -0.15) is 0 Å². The quantitative estimate of drug-likeness (QED) is 0.456. The average molecular weight is 356 g/mol. The maximum absolute atomic E-state index is 12.2. The molecule has 136 valence electrons. The maximum Gasteiger partial charge on any atom is 0.348 e. The first-order valence-corrected chi connectivity index (χ1v) is 9.59. The van der Waals surface area contributed by atoms with Gasteiger partial charge in [0.05, 0.1) is 18.8 Å². The summed E-state index contributed by atoms with van der Waals surface area (Å²) in [5, 5.41) is 4.00. The molecule has 0 bridgehead atoms. The van der Waals surface area contributed by atoms with Crippen LogP contribution in [-0.2, 0) is 9.47 Å². The van der Waals surface area contributed by atoms with Crippen molar-refractivity contribution in [2.24, 2.45) is 0 Å². The number of unbranched alkanes of at least 4 members (excludes halogenated alkanes) is 4. The monoisotopic (exact) mass is 355 g/mol. The van der Waals surface area contributed by atoms with Gasteiger partial charge in [-0.3, -0.25) is 0 Å². The molecule has 0 aliphatic rings. The van der Waals surface area contributed by atoms with Crippen molar-refractivity contribution in [3.63, 3.8) is 0 Å². The van der Waals surface area contributed by atoms with Crippen molar-refractivity contribution in [1.82, 2.24) is 0 Å². The van der Waals surface area contributed by atoms with Crippen LogP contribution in [0.2, 0.25) is 0 Å². The summed E-state index contributed by atoms with van der Waals surface area (Å²) in [5.41, 5.74) is 1.09. The Morgan fingerprint density at radius 2 is 1.58 bits per heavy atom. The lowest BCUT2D eigenvalue weighted by Gasteiger charge is -2.07. The van der Waals surface area contributed by atoms with Gasteiger partial charge in [-0.25, -0.2) is 9.59 Å². The zero-order valence-corrected chi connectivity index (χ0v) is 16.0. The van der Waals surface area contributed by atoms with Gasteiger partial charge < -0.3 is 14.8 Å². The molecule has 1 aromatic rings. The lowest BCUT2D eigenvalue weighted by atomic mass is 10.1. The van der Waals surface area contributed by atoms with Crippen LogP contribution >= 0.6 is 11.3 Å². The molecule has 6 heteroatoms. The van der Waals surface area contributed by atoms with Crippen molar-refractivity contribution in [2.45, 2.75) is 59.8 Å². The van der Waals surface area contributed by atoms with Crippen molar-refractivity contribution >= 4 is 28.3 Å². The number of carbonyl (C=O) groups excluding carboxylic acids is 2. The Balaban J connectivity index is 2.85. The smallest absolute Gasteiger partial charge is 0.348 e. The van der Waals surface area contributed by atoms with Crippen molar-refractivity contribution in [3.8, 4) is 0 Å². The highest BCUT2D eigenvalue weighted by Crippen LogP contribution is 2.34. The number of thiophene rings is 1. The number of ether oxygens (including phenoxy) is 2. The molecule has 0 radical (unpaired) electrons. The van der Waals surface area contributed by atoms with Gasteiger partial charge in [-0.1, -0.05) is 32.6 Å². The van der Waals surface area contributed by atoms with Crippen molar-refractivity contribution in [1.29, 1.82) is 0 Å². The third-order valence-corrected chi connectivity index (χ3v) is 4.88. The molecule has 0 spiro atoms. The van der Waals surface area contributed by atoms with E-state index in [1.165, 1.54) is 30.6 Å². The summed E-state index contributed by atoms with van der Waals surface area (Å²) in [7, 11) is 0. The van der Waals surface area contributed by atoms with Crippen LogP contribution in [0.4, 0.5) is 5.00 Å². The Morgan fingerprint density at radius 1 is 0.958 bits per heavy atom. The SMILES string of the molecule is CCCCCCCNc1sc(C(=O)OCC)c(C)c1C(=O)OCC. The molecule has 0 saturated heterocycles. The van der Waals surface area contributed by atoms with Crippen LogP contribution in [0.25, 0.3) is 0 Å². The Hall–Kier alpha value is -1.56. The van der Waals surface area contributed by atoms with Gasteiger partial charge in [0.2, 0.25) is 0 Å². The summed E-state index contributed by atoms with van der Waals surface area (Å²) in [4.78, 5) is 24.8. The van der Waals surface area contributed by atoms with Gasteiger partial charge in [0.25, 0.3) is 0 Å². The molecule has 0 aromatic carbocycles. The number of carbonyl (C=O) groups is 2. The van der Waals surface area contributed by atoms with E-state index in [0.717, 1.165) is 19.4 Å². The first-order valence-electron chi connectivity index (χ1n) is 8.78. The predicted octanol–water partition coefficient (Wildman–Crippen LogP) is 4.79. The highest BCUT2D eigenvalue weighted by atomic mass is 32.1. The van der Waals surface area contributed by atoms with Gasteiger partial charge in [0, 0.05) is 6.54 Å². The van der Waals surface area contributed by atoms with Crippen LogP contribution in [0.1, 0.15) is 78.5 Å². The van der Waals surface area contributed by atoms with Crippen molar-refractivity contribution < 1.29 is 19.1 Å². The zero-order valence-electron chi connectivity index (χ0n) is 15.2. The second-order valence-corrected chi connectivity index (χ2v) is 6.56. The van der Waals surface area contributed by atoms with E-state index >= 15 is 0 Å². The van der Waals surface area contributed by atoms with E-state index in [9.17, 15) is 9.59 Å². The van der Waals surface area contributed by atoms with Crippen LogP contribution in [0, 0.1) is 6.92 Å². The van der Waals surface area contributed by atoms with E-state index in [2.05, 4.69) is 12.2 Å². The molecular weight excluding hydrogens is 326 g/mol. The zero-order chi connectivity index (χ0) is 17.9. The van der Waals surface area contributed by atoms with Crippen molar-refractivity contribution in [2.75, 3.05) is 25.1 Å². The number of nitrogens with one attached hydrogen (secondary N) is 1. The van der Waals surface area contributed by atoms with Gasteiger partial charge in [0.1, 0.15) is 9.88 Å². The molecule has 5 nitrogen and oxygen atoms in total. The molecule has 0 atom stereocenters. The molecule has 1 rings (SSSR count). The maximum atomic E-state index is 12.2. The largest absolute Gasteiger partial charge is 0.462 e. The van der Waals surface area contributed by atoms with Gasteiger partial charge >= 0.3 is 11.9 Å². The molecule has 1 N–H and O–H groups in total. The first-order chi connectivity index (χ1) is 11.6. The minimum Gasteiger partial charge on any atom is -0.462 e. The third kappa shape index (κ3) is 5.82. The van der Waals surface area contributed by atoms with E-state index < -0.39 is 5.97 Å². The van der Waals surface area contributed by atoms with Crippen LogP contribution in [0.3, 0.4) is 0 Å². The highest BCUT2D eigenvalue weighted by Gasteiger charge is 2.26. The van der Waals surface area contributed by atoms with Crippen molar-refractivity contribution in [3.05, 3.63) is 16.0 Å². The summed E-state index contributed by atoms with van der Waals surface area (Å²) < 4.78 is 10.2. The summed E-state index contributed by atoms with van der Waals surface area (Å²) in [6.07, 6.45) is 5.88. The summed E-state index contributed by atoms with van der Waals surface area (Å²) >= 11 is 1.27. The van der Waals surface area contributed by atoms with E-state index in [4.69, 9.17) is 9.47 Å². The first kappa shape index (κ1) is 20.5. The van der Waals surface area contributed by atoms with Gasteiger partial charge in [-0.15, -0.1) is 11.3 Å². The molecule has 0 amide bonds. The molecule has 1 aromatic heterocycles. The Bertz CT molecular complexity index is 539. The Labute approximate surface area is 148 Å². The predicted molar refractivity (Wildman–Crippen MR) is 98.2 cm³/mol. The van der Waals surface area contributed by atoms with Crippen LogP contribution in [0.5, 0.6) is 0 Å². The average Bonchev–Trinajstić information content (AvgIpc) is 2.88. The number of hydrogen-bond donors (Lipinski definition) is 1. The lowest BCUT2D eigenvalue weighted by molar-refractivity contribution is 0.0527. The number of anilines is 1. The topological polar surface area (TPSA) is 64.6 Å². The van der Waals surface area contributed by atoms with Crippen LogP contribution in [0.15, 0.2) is 0 Å². The number of rotatable bonds is 11. The fourth-order valence-corrected chi connectivity index (χ4v) is 3.52. The molecule has 1 heterocycles. The van der Waals surface area contributed by atoms with E-state index in [1.54, 1.807) is 20.8 Å². The minimum atomic E-state index is -0.393. The lowest BCUT2D eigenvalue weighted by Crippen LogP contribution is -2.10. The second kappa shape index (κ2) is 11.1. The summed E-state index contributed by atoms with van der Waals surface area (Å²) in [6, 6.07) is 0. The summed E-state index contributed by atoms with van der Waals surface area (Å²) in [5.74, 6) is -0.781. The van der Waals surface area contributed by atoms with Gasteiger partial charge in [-0.05, 0) is 32.8 Å². The Kier molecular flexibility index (Phi) is 9.45. The molecule has 0 aliphatic carbocycles. The van der Waals surface area contributed by atoms with Crippen LogP contribution in [-0.4, -0.2) is 31.7 Å². The Morgan fingerprint density at radius 3 is 2.21 bits per heavy atom. The molecule has 0 aliphatic heterocycles. The van der Waals surface area contributed by atoms with Gasteiger partial charge in [0.15, 0.2) is 0 Å². The molecule has 24 heavy (non-hydrogen) atoms. The standard InChI is InChI=1S/C18H29NO4S/c1-5-8-9-10-11-12-19-16-14(17(20)22-6-2)13(4)15(24-16)18(21)23-7-3/h19H,5-12H2,1-4H3. The van der Waals surface area contributed by atoms with E-state index in [-0.39, 0.29) is 5.97 Å². The van der Waals surface area contributed by atoms with E-state index in [0.29, 0.717) is 34.2 Å². The third-order valence-electron chi connectivity index (χ3n) is 3.65. The second-order valence-electron chi connectivity index (χ2n) is 5.54. The fourth-order valence-electron chi connectivity index (χ4n) is 2.41. The fraction of sp³-hybridized carbons (Fsp3) is 0.667. The number of esters is 2. The molecule has 0 fully saturated rings.